The van der Waals surface area contributed by atoms with Gasteiger partial charge in [-0.3, -0.25) is 9.59 Å². The first-order valence-electron chi connectivity index (χ1n) is 10.9. The van der Waals surface area contributed by atoms with Crippen LogP contribution >= 0.6 is 0 Å². The van der Waals surface area contributed by atoms with Gasteiger partial charge in [0.25, 0.3) is 0 Å². The fourth-order valence-electron chi connectivity index (χ4n) is 3.69. The van der Waals surface area contributed by atoms with E-state index in [0.29, 0.717) is 11.3 Å². The number of methoxy groups -OCH3 is 1. The number of rotatable bonds is 8. The Morgan fingerprint density at radius 3 is 2.19 bits per heavy atom. The van der Waals surface area contributed by atoms with Crippen LogP contribution in [0.5, 0.6) is 5.75 Å². The standard InChI is InChI=1S/C25H30N2O5/c1-17-3-7-19(8-4-17)26-25(30)27-20-9-13-22(14-10-20)32-21-11-5-18(6-12-21)23(28)15-16-24(29)31-2/h3-8,11-12,20,22H,9-10,13-16H2,1-2H3,(H2,26,27,30). The second kappa shape index (κ2) is 11.3. The van der Waals surface area contributed by atoms with Crippen molar-refractivity contribution in [1.29, 1.82) is 0 Å². The minimum Gasteiger partial charge on any atom is -0.490 e. The summed E-state index contributed by atoms with van der Waals surface area (Å²) in [6.45, 7) is 2.01. The molecule has 0 aromatic heterocycles. The van der Waals surface area contributed by atoms with Gasteiger partial charge in [-0.2, -0.15) is 0 Å². The molecule has 7 nitrogen and oxygen atoms in total. The molecule has 32 heavy (non-hydrogen) atoms. The molecule has 0 aliphatic heterocycles. The number of esters is 1. The molecule has 1 aliphatic carbocycles. The number of anilines is 1. The van der Waals surface area contributed by atoms with Crippen LogP contribution in [0.2, 0.25) is 0 Å². The first-order chi connectivity index (χ1) is 15.4. The van der Waals surface area contributed by atoms with Gasteiger partial charge in [-0.15, -0.1) is 0 Å². The third kappa shape index (κ3) is 7.11. The molecule has 1 fully saturated rings. The molecule has 7 heteroatoms. The van der Waals surface area contributed by atoms with Crippen LogP contribution in [0.25, 0.3) is 0 Å². The highest BCUT2D eigenvalue weighted by atomic mass is 16.5. The number of hydrogen-bond donors (Lipinski definition) is 2. The molecule has 0 bridgehead atoms. The number of amides is 2. The highest BCUT2D eigenvalue weighted by Crippen LogP contribution is 2.24. The molecule has 0 radical (unpaired) electrons. The van der Waals surface area contributed by atoms with Crippen molar-refractivity contribution in [2.45, 2.75) is 57.6 Å². The monoisotopic (exact) mass is 438 g/mol. The molecule has 1 saturated carbocycles. The average Bonchev–Trinajstić information content (AvgIpc) is 2.80. The molecule has 0 saturated heterocycles. The van der Waals surface area contributed by atoms with Crippen LogP contribution in [-0.2, 0) is 9.53 Å². The highest BCUT2D eigenvalue weighted by molar-refractivity contribution is 5.97. The summed E-state index contributed by atoms with van der Waals surface area (Å²) in [5.74, 6) is 0.219. The molecule has 2 aromatic rings. The van der Waals surface area contributed by atoms with E-state index < -0.39 is 5.97 Å². The molecule has 2 aromatic carbocycles. The van der Waals surface area contributed by atoms with E-state index >= 15 is 0 Å². The quantitative estimate of drug-likeness (QED) is 0.462. The van der Waals surface area contributed by atoms with Crippen molar-refractivity contribution in [3.05, 3.63) is 59.7 Å². The SMILES string of the molecule is COC(=O)CCC(=O)c1ccc(OC2CCC(NC(=O)Nc3ccc(C)cc3)CC2)cc1. The van der Waals surface area contributed by atoms with Crippen molar-refractivity contribution < 1.29 is 23.9 Å². The Morgan fingerprint density at radius 1 is 0.906 bits per heavy atom. The zero-order valence-electron chi connectivity index (χ0n) is 18.6. The van der Waals surface area contributed by atoms with E-state index in [-0.39, 0.29) is 36.8 Å². The van der Waals surface area contributed by atoms with Crippen LogP contribution in [0.4, 0.5) is 10.5 Å². The lowest BCUT2D eigenvalue weighted by Gasteiger charge is -2.29. The van der Waals surface area contributed by atoms with E-state index in [1.807, 2.05) is 31.2 Å². The number of carbonyl (C=O) groups is 3. The Labute approximate surface area is 188 Å². The minimum atomic E-state index is -0.393. The van der Waals surface area contributed by atoms with E-state index in [1.165, 1.54) is 7.11 Å². The summed E-state index contributed by atoms with van der Waals surface area (Å²) in [5, 5.41) is 5.90. The fourth-order valence-corrected chi connectivity index (χ4v) is 3.69. The first kappa shape index (κ1) is 23.3. The van der Waals surface area contributed by atoms with E-state index in [1.54, 1.807) is 24.3 Å². The molecule has 0 atom stereocenters. The van der Waals surface area contributed by atoms with Crippen molar-refractivity contribution in [2.24, 2.45) is 0 Å². The predicted molar refractivity (Wildman–Crippen MR) is 122 cm³/mol. The van der Waals surface area contributed by atoms with E-state index in [0.717, 1.165) is 36.9 Å². The number of aryl methyl sites for hydroxylation is 1. The number of urea groups is 1. The van der Waals surface area contributed by atoms with Gasteiger partial charge in [-0.05, 0) is 69.0 Å². The van der Waals surface area contributed by atoms with Gasteiger partial charge in [0.15, 0.2) is 5.78 Å². The summed E-state index contributed by atoms with van der Waals surface area (Å²) in [6.07, 6.45) is 3.65. The van der Waals surface area contributed by atoms with Gasteiger partial charge < -0.3 is 20.1 Å². The Kier molecular flexibility index (Phi) is 8.25. The fraction of sp³-hybridized carbons (Fsp3) is 0.400. The minimum absolute atomic E-state index is 0.0773. The Bertz CT molecular complexity index is 916. The number of ketones is 1. The highest BCUT2D eigenvalue weighted by Gasteiger charge is 2.23. The van der Waals surface area contributed by atoms with E-state index in [4.69, 9.17) is 4.74 Å². The van der Waals surface area contributed by atoms with Crippen LogP contribution in [0.3, 0.4) is 0 Å². The summed E-state index contributed by atoms with van der Waals surface area (Å²) < 4.78 is 10.6. The van der Waals surface area contributed by atoms with Crippen LogP contribution < -0.4 is 15.4 Å². The van der Waals surface area contributed by atoms with E-state index in [2.05, 4.69) is 15.4 Å². The molecule has 0 unspecified atom stereocenters. The largest absolute Gasteiger partial charge is 0.490 e. The normalized spacial score (nSPS) is 17.8. The number of benzene rings is 2. The number of carbonyl (C=O) groups excluding carboxylic acids is 3. The number of Topliss-reactive ketones (excluding diaryl/α,β-unsaturated/α-hetero) is 1. The molecule has 1 aliphatic rings. The van der Waals surface area contributed by atoms with Crippen molar-refractivity contribution >= 4 is 23.5 Å². The van der Waals surface area contributed by atoms with Gasteiger partial charge in [0.2, 0.25) is 0 Å². The van der Waals surface area contributed by atoms with Crippen molar-refractivity contribution in [2.75, 3.05) is 12.4 Å². The van der Waals surface area contributed by atoms with Crippen LogP contribution in [0.1, 0.15) is 54.4 Å². The average molecular weight is 439 g/mol. The lowest BCUT2D eigenvalue weighted by molar-refractivity contribution is -0.140. The molecule has 170 valence electrons. The number of hydrogen-bond acceptors (Lipinski definition) is 5. The number of ether oxygens (including phenoxy) is 2. The first-order valence-corrected chi connectivity index (χ1v) is 10.9. The maximum absolute atomic E-state index is 12.2. The van der Waals surface area contributed by atoms with Crippen molar-refractivity contribution in [3.63, 3.8) is 0 Å². The van der Waals surface area contributed by atoms with Gasteiger partial charge in [-0.25, -0.2) is 4.79 Å². The molecule has 2 N–H and O–H groups in total. The summed E-state index contributed by atoms with van der Waals surface area (Å²) >= 11 is 0. The third-order valence-electron chi connectivity index (χ3n) is 5.58. The van der Waals surface area contributed by atoms with Gasteiger partial charge in [0, 0.05) is 23.7 Å². The Hall–Kier alpha value is -3.35. The summed E-state index contributed by atoms with van der Waals surface area (Å²) in [6, 6.07) is 14.6. The van der Waals surface area contributed by atoms with Crippen LogP contribution in [-0.4, -0.2) is 37.0 Å². The van der Waals surface area contributed by atoms with Gasteiger partial charge in [0.1, 0.15) is 5.75 Å². The molecule has 0 heterocycles. The Morgan fingerprint density at radius 2 is 1.56 bits per heavy atom. The topological polar surface area (TPSA) is 93.7 Å². The van der Waals surface area contributed by atoms with Crippen LogP contribution in [0, 0.1) is 6.92 Å². The summed E-state index contributed by atoms with van der Waals surface area (Å²) in [7, 11) is 1.31. The summed E-state index contributed by atoms with van der Waals surface area (Å²) in [4.78, 5) is 35.5. The molecule has 3 rings (SSSR count). The lowest BCUT2D eigenvalue weighted by Crippen LogP contribution is -2.41. The smallest absolute Gasteiger partial charge is 0.319 e. The van der Waals surface area contributed by atoms with Gasteiger partial charge in [0.05, 0.1) is 19.6 Å². The van der Waals surface area contributed by atoms with Gasteiger partial charge >= 0.3 is 12.0 Å². The maximum Gasteiger partial charge on any atom is 0.319 e. The third-order valence-corrected chi connectivity index (χ3v) is 5.58. The van der Waals surface area contributed by atoms with Crippen LogP contribution in [0.15, 0.2) is 48.5 Å². The Balaban J connectivity index is 1.39. The second-order valence-electron chi connectivity index (χ2n) is 8.08. The maximum atomic E-state index is 12.2. The van der Waals surface area contributed by atoms with E-state index in [9.17, 15) is 14.4 Å². The number of nitrogens with one attached hydrogen (secondary N) is 2. The second-order valence-corrected chi connectivity index (χ2v) is 8.08. The van der Waals surface area contributed by atoms with Crippen molar-refractivity contribution in [1.82, 2.24) is 5.32 Å². The molecular formula is C25H30N2O5. The zero-order chi connectivity index (χ0) is 22.9. The summed E-state index contributed by atoms with van der Waals surface area (Å²) in [5.41, 5.74) is 2.47. The van der Waals surface area contributed by atoms with Crippen molar-refractivity contribution in [3.8, 4) is 5.75 Å². The molecular weight excluding hydrogens is 408 g/mol. The van der Waals surface area contributed by atoms with Gasteiger partial charge in [-0.1, -0.05) is 17.7 Å². The molecule has 0 spiro atoms. The lowest BCUT2D eigenvalue weighted by atomic mass is 9.93. The predicted octanol–water partition coefficient (Wildman–Crippen LogP) is 4.64. The zero-order valence-corrected chi connectivity index (χ0v) is 18.6. The molecule has 2 amide bonds.